The Kier molecular flexibility index (Phi) is 4.00. The average Bonchev–Trinajstić information content (AvgIpc) is 2.76. The van der Waals surface area contributed by atoms with E-state index in [9.17, 15) is 4.79 Å². The topological polar surface area (TPSA) is 17.1 Å². The number of aryl methyl sites for hydroxylation is 1. The van der Waals surface area contributed by atoms with Crippen LogP contribution in [0, 0.1) is 12.3 Å². The number of hydrogen-bond acceptors (Lipinski definition) is 1. The number of carbonyl (C=O) groups excluding carboxylic acids is 1. The van der Waals surface area contributed by atoms with Gasteiger partial charge in [0.05, 0.1) is 0 Å². The maximum Gasteiger partial charge on any atom is 0.145 e. The van der Waals surface area contributed by atoms with Crippen molar-refractivity contribution in [3.63, 3.8) is 0 Å². The van der Waals surface area contributed by atoms with Crippen molar-refractivity contribution in [3.05, 3.63) is 47.0 Å². The van der Waals surface area contributed by atoms with Gasteiger partial charge in [0.25, 0.3) is 0 Å². The van der Waals surface area contributed by atoms with Crippen LogP contribution in [-0.2, 0) is 11.2 Å². The molecule has 96 valence electrons. The van der Waals surface area contributed by atoms with Crippen LogP contribution < -0.4 is 0 Å². The third kappa shape index (κ3) is 2.72. The number of aldehydes is 1. The Morgan fingerprint density at radius 3 is 2.72 bits per heavy atom. The molecule has 0 N–H and O–H groups in total. The van der Waals surface area contributed by atoms with E-state index < -0.39 is 0 Å². The van der Waals surface area contributed by atoms with Crippen molar-refractivity contribution in [2.75, 3.05) is 0 Å². The number of hydrogen-bond donors (Lipinski definition) is 0. The lowest BCUT2D eigenvalue weighted by Crippen LogP contribution is -2.18. The molecule has 1 aromatic carbocycles. The summed E-state index contributed by atoms with van der Waals surface area (Å²) in [6.07, 6.45) is 8.79. The highest BCUT2D eigenvalue weighted by molar-refractivity contribution is 5.74. The fraction of sp³-hybridized carbons (Fsp3) is 0.471. The first-order valence-electron chi connectivity index (χ1n) is 6.90. The smallest absolute Gasteiger partial charge is 0.145 e. The van der Waals surface area contributed by atoms with E-state index >= 15 is 0 Å². The summed E-state index contributed by atoms with van der Waals surface area (Å²) in [4.78, 5) is 11.0. The molecule has 0 aromatic heterocycles. The molecule has 1 heteroatoms. The first-order chi connectivity index (χ1) is 8.69. The van der Waals surface area contributed by atoms with E-state index in [2.05, 4.69) is 44.2 Å². The SMILES string of the molecule is CCCC1(Cc2ccccc2C)C=C(C=O)CC1. The number of rotatable bonds is 5. The van der Waals surface area contributed by atoms with Gasteiger partial charge in [-0.25, -0.2) is 0 Å². The minimum Gasteiger partial charge on any atom is -0.298 e. The molecule has 0 bridgehead atoms. The lowest BCUT2D eigenvalue weighted by molar-refractivity contribution is -0.105. The first kappa shape index (κ1) is 13.1. The highest BCUT2D eigenvalue weighted by Gasteiger charge is 2.32. The van der Waals surface area contributed by atoms with Crippen LogP contribution in [-0.4, -0.2) is 6.29 Å². The molecule has 2 rings (SSSR count). The minimum absolute atomic E-state index is 0.219. The summed E-state index contributed by atoms with van der Waals surface area (Å²) in [5.41, 5.74) is 4.00. The second-order valence-electron chi connectivity index (χ2n) is 5.55. The molecule has 0 saturated heterocycles. The molecule has 1 aliphatic rings. The Morgan fingerprint density at radius 1 is 1.33 bits per heavy atom. The molecule has 1 atom stereocenters. The summed E-state index contributed by atoms with van der Waals surface area (Å²) >= 11 is 0. The lowest BCUT2D eigenvalue weighted by Gasteiger charge is -2.27. The van der Waals surface area contributed by atoms with Crippen LogP contribution in [0.4, 0.5) is 0 Å². The second kappa shape index (κ2) is 5.51. The molecule has 0 fully saturated rings. The van der Waals surface area contributed by atoms with Crippen LogP contribution in [0.25, 0.3) is 0 Å². The quantitative estimate of drug-likeness (QED) is 0.706. The Balaban J connectivity index is 2.25. The van der Waals surface area contributed by atoms with Gasteiger partial charge >= 0.3 is 0 Å². The predicted octanol–water partition coefficient (Wildman–Crippen LogP) is 4.24. The molecule has 0 saturated carbocycles. The summed E-state index contributed by atoms with van der Waals surface area (Å²) in [6, 6.07) is 8.60. The zero-order valence-corrected chi connectivity index (χ0v) is 11.4. The zero-order valence-electron chi connectivity index (χ0n) is 11.4. The van der Waals surface area contributed by atoms with Crippen LogP contribution in [0.15, 0.2) is 35.9 Å². The predicted molar refractivity (Wildman–Crippen MR) is 75.6 cm³/mol. The molecular weight excluding hydrogens is 220 g/mol. The van der Waals surface area contributed by atoms with E-state index in [4.69, 9.17) is 0 Å². The van der Waals surface area contributed by atoms with Gasteiger partial charge in [0.2, 0.25) is 0 Å². The van der Waals surface area contributed by atoms with Gasteiger partial charge in [-0.3, -0.25) is 4.79 Å². The van der Waals surface area contributed by atoms with Gasteiger partial charge in [0, 0.05) is 0 Å². The van der Waals surface area contributed by atoms with E-state index in [1.54, 1.807) is 0 Å². The Hall–Kier alpha value is -1.37. The van der Waals surface area contributed by atoms with Crippen LogP contribution in [0.3, 0.4) is 0 Å². The molecular formula is C17H22O. The van der Waals surface area contributed by atoms with Crippen LogP contribution in [0.1, 0.15) is 43.7 Å². The Labute approximate surface area is 110 Å². The third-order valence-corrected chi connectivity index (χ3v) is 4.11. The van der Waals surface area contributed by atoms with Crippen molar-refractivity contribution in [2.45, 2.75) is 46.0 Å². The highest BCUT2D eigenvalue weighted by Crippen LogP contribution is 2.42. The standard InChI is InChI=1S/C17H22O/c1-3-9-17(10-8-15(11-17)13-18)12-16-7-5-4-6-14(16)2/h4-7,11,13H,3,8-10,12H2,1-2H3. The van der Waals surface area contributed by atoms with E-state index in [-0.39, 0.29) is 5.41 Å². The highest BCUT2D eigenvalue weighted by atomic mass is 16.1. The van der Waals surface area contributed by atoms with Gasteiger partial charge in [-0.05, 0) is 54.7 Å². The second-order valence-corrected chi connectivity index (χ2v) is 5.55. The third-order valence-electron chi connectivity index (χ3n) is 4.11. The molecule has 0 radical (unpaired) electrons. The Bertz CT molecular complexity index is 458. The van der Waals surface area contributed by atoms with Crippen molar-refractivity contribution in [1.82, 2.24) is 0 Å². The van der Waals surface area contributed by atoms with Crippen LogP contribution >= 0.6 is 0 Å². The summed E-state index contributed by atoms with van der Waals surface area (Å²) in [6.45, 7) is 4.40. The minimum atomic E-state index is 0.219. The normalized spacial score (nSPS) is 22.9. The fourth-order valence-corrected chi connectivity index (χ4v) is 3.13. The van der Waals surface area contributed by atoms with E-state index in [1.807, 2.05) is 0 Å². The average molecular weight is 242 g/mol. The van der Waals surface area contributed by atoms with Crippen molar-refractivity contribution in [1.29, 1.82) is 0 Å². The van der Waals surface area contributed by atoms with Gasteiger partial charge in [-0.15, -0.1) is 0 Å². The van der Waals surface area contributed by atoms with Gasteiger partial charge in [-0.2, -0.15) is 0 Å². The number of benzene rings is 1. The van der Waals surface area contributed by atoms with E-state index in [0.717, 1.165) is 31.1 Å². The largest absolute Gasteiger partial charge is 0.298 e. The molecule has 18 heavy (non-hydrogen) atoms. The van der Waals surface area contributed by atoms with Gasteiger partial charge in [0.1, 0.15) is 6.29 Å². The summed E-state index contributed by atoms with van der Waals surface area (Å²) in [7, 11) is 0. The molecule has 0 spiro atoms. The fourth-order valence-electron chi connectivity index (χ4n) is 3.13. The molecule has 1 aliphatic carbocycles. The molecule has 0 aliphatic heterocycles. The summed E-state index contributed by atoms with van der Waals surface area (Å²) < 4.78 is 0. The van der Waals surface area contributed by atoms with E-state index in [0.29, 0.717) is 0 Å². The summed E-state index contributed by atoms with van der Waals surface area (Å²) in [5, 5.41) is 0. The first-order valence-corrected chi connectivity index (χ1v) is 6.90. The number of allylic oxidation sites excluding steroid dienone is 2. The molecule has 1 unspecified atom stereocenters. The van der Waals surface area contributed by atoms with Crippen molar-refractivity contribution < 1.29 is 4.79 Å². The van der Waals surface area contributed by atoms with Crippen molar-refractivity contribution in [2.24, 2.45) is 5.41 Å². The summed E-state index contributed by atoms with van der Waals surface area (Å²) in [5.74, 6) is 0. The molecule has 0 heterocycles. The van der Waals surface area contributed by atoms with Crippen molar-refractivity contribution in [3.8, 4) is 0 Å². The van der Waals surface area contributed by atoms with Crippen LogP contribution in [0.2, 0.25) is 0 Å². The maximum atomic E-state index is 11.0. The van der Waals surface area contributed by atoms with Gasteiger partial charge < -0.3 is 0 Å². The van der Waals surface area contributed by atoms with Crippen molar-refractivity contribution >= 4 is 6.29 Å². The number of carbonyl (C=O) groups is 1. The van der Waals surface area contributed by atoms with Gasteiger partial charge in [-0.1, -0.05) is 43.7 Å². The zero-order chi connectivity index (χ0) is 13.0. The maximum absolute atomic E-state index is 11.0. The molecule has 1 nitrogen and oxygen atoms in total. The van der Waals surface area contributed by atoms with Gasteiger partial charge in [0.15, 0.2) is 0 Å². The Morgan fingerprint density at radius 2 is 2.11 bits per heavy atom. The molecule has 0 amide bonds. The molecule has 1 aromatic rings. The lowest BCUT2D eigenvalue weighted by atomic mass is 9.77. The van der Waals surface area contributed by atoms with E-state index in [1.165, 1.54) is 24.0 Å². The van der Waals surface area contributed by atoms with Crippen LogP contribution in [0.5, 0.6) is 0 Å². The monoisotopic (exact) mass is 242 g/mol.